The predicted octanol–water partition coefficient (Wildman–Crippen LogP) is 6.72. The number of hydrogen-bond donors (Lipinski definition) is 2. The maximum Gasteiger partial charge on any atom is 0.256 e. The van der Waals surface area contributed by atoms with E-state index >= 15 is 0 Å². The van der Waals surface area contributed by atoms with Gasteiger partial charge in [0.05, 0.1) is 11.1 Å². The summed E-state index contributed by atoms with van der Waals surface area (Å²) in [5, 5.41) is 1.17. The molecule has 1 aromatic carbocycles. The Bertz CT molecular complexity index is 1100. The van der Waals surface area contributed by atoms with Crippen molar-refractivity contribution in [1.82, 2.24) is 4.98 Å². The Morgan fingerprint density at radius 2 is 1.91 bits per heavy atom. The Hall–Kier alpha value is -2.24. The van der Waals surface area contributed by atoms with Crippen LogP contribution in [0.4, 0.5) is 0 Å². The van der Waals surface area contributed by atoms with Crippen LogP contribution < -0.4 is 5.73 Å². The molecule has 1 amide bonds. The van der Waals surface area contributed by atoms with Crippen molar-refractivity contribution in [1.29, 1.82) is 0 Å². The average Bonchev–Trinajstić information content (AvgIpc) is 3.30. The normalized spacial score (nSPS) is 13.3. The lowest BCUT2D eigenvalue weighted by Gasteiger charge is -2.18. The summed E-state index contributed by atoms with van der Waals surface area (Å²) >= 11 is 1.65. The van der Waals surface area contributed by atoms with Gasteiger partial charge in [-0.25, -0.2) is 4.99 Å². The molecule has 0 saturated carbocycles. The first-order valence-corrected chi connectivity index (χ1v) is 12.5. The number of carbonyl (C=O) groups excluding carboxylic acids is 1. The molecule has 2 heterocycles. The Labute approximate surface area is 196 Å². The largest absolute Gasteiger partial charge is 0.346 e. The van der Waals surface area contributed by atoms with Crippen LogP contribution in [0.15, 0.2) is 29.3 Å². The number of aromatic amines is 1. The maximum absolute atomic E-state index is 12.9. The van der Waals surface area contributed by atoms with Gasteiger partial charge in [0, 0.05) is 16.5 Å². The molecule has 0 bridgehead atoms. The standard InChI is InChI=1S/C27H37N3OS/c1-7-17(2)9-8-12-29-26(31)27(5,6)23-16-22-21(10-11-28)24(30-25(22)32-23)20-14-18(3)13-19(4)15-20/h12-17,30H,7-11,28H2,1-6H3. The highest BCUT2D eigenvalue weighted by Gasteiger charge is 2.32. The van der Waals surface area contributed by atoms with Gasteiger partial charge in [-0.2, -0.15) is 0 Å². The fraction of sp³-hybridized carbons (Fsp3) is 0.481. The van der Waals surface area contributed by atoms with Crippen LogP contribution in [-0.2, 0) is 16.6 Å². The number of aromatic nitrogens is 1. The second-order valence-corrected chi connectivity index (χ2v) is 10.6. The summed E-state index contributed by atoms with van der Waals surface area (Å²) in [6.07, 6.45) is 5.67. The van der Waals surface area contributed by atoms with Gasteiger partial charge in [-0.3, -0.25) is 4.79 Å². The summed E-state index contributed by atoms with van der Waals surface area (Å²) in [7, 11) is 0. The highest BCUT2D eigenvalue weighted by atomic mass is 32.1. The number of nitrogens with zero attached hydrogens (tertiary/aromatic N) is 1. The summed E-state index contributed by atoms with van der Waals surface area (Å²) in [5.74, 6) is 0.579. The second-order valence-electron chi connectivity index (χ2n) is 9.58. The van der Waals surface area contributed by atoms with Crippen LogP contribution in [0, 0.1) is 19.8 Å². The van der Waals surface area contributed by atoms with Crippen LogP contribution in [0.25, 0.3) is 21.5 Å². The quantitative estimate of drug-likeness (QED) is 0.355. The van der Waals surface area contributed by atoms with Crippen LogP contribution in [0.1, 0.15) is 68.5 Å². The van der Waals surface area contributed by atoms with Gasteiger partial charge < -0.3 is 10.7 Å². The minimum atomic E-state index is -0.655. The van der Waals surface area contributed by atoms with Crippen molar-refractivity contribution in [3.63, 3.8) is 0 Å². The Morgan fingerprint density at radius 1 is 1.22 bits per heavy atom. The van der Waals surface area contributed by atoms with E-state index in [9.17, 15) is 4.79 Å². The number of amides is 1. The van der Waals surface area contributed by atoms with Gasteiger partial charge in [0.15, 0.2) is 0 Å². The molecule has 0 fully saturated rings. The van der Waals surface area contributed by atoms with Crippen LogP contribution in [0.3, 0.4) is 0 Å². The zero-order valence-electron chi connectivity index (χ0n) is 20.3. The van der Waals surface area contributed by atoms with Crippen molar-refractivity contribution in [2.45, 2.75) is 72.6 Å². The molecule has 5 heteroatoms. The third kappa shape index (κ3) is 5.21. The Kier molecular flexibility index (Phi) is 7.73. The fourth-order valence-corrected chi connectivity index (χ4v) is 5.27. The molecule has 0 saturated heterocycles. The molecule has 32 heavy (non-hydrogen) atoms. The van der Waals surface area contributed by atoms with Crippen molar-refractivity contribution in [2.24, 2.45) is 16.6 Å². The molecule has 3 aromatic rings. The minimum Gasteiger partial charge on any atom is -0.346 e. The van der Waals surface area contributed by atoms with E-state index in [1.165, 1.54) is 27.6 Å². The highest BCUT2D eigenvalue weighted by Crippen LogP contribution is 2.40. The first kappa shape index (κ1) is 24.4. The number of hydrogen-bond acceptors (Lipinski definition) is 3. The van der Waals surface area contributed by atoms with Crippen molar-refractivity contribution in [3.8, 4) is 11.3 Å². The molecular weight excluding hydrogens is 414 g/mol. The van der Waals surface area contributed by atoms with Crippen molar-refractivity contribution >= 4 is 33.7 Å². The van der Waals surface area contributed by atoms with E-state index in [1.54, 1.807) is 17.6 Å². The van der Waals surface area contributed by atoms with Gasteiger partial charge in [-0.15, -0.1) is 11.3 Å². The molecular formula is C27H37N3OS. The summed E-state index contributed by atoms with van der Waals surface area (Å²) in [4.78, 5) is 23.0. The first-order valence-electron chi connectivity index (χ1n) is 11.7. The number of fused-ring (bicyclic) bond motifs is 1. The third-order valence-corrected chi connectivity index (χ3v) is 7.72. The molecule has 0 spiro atoms. The molecule has 0 aliphatic carbocycles. The van der Waals surface area contributed by atoms with E-state index in [2.05, 4.69) is 61.9 Å². The summed E-state index contributed by atoms with van der Waals surface area (Å²) < 4.78 is 0. The van der Waals surface area contributed by atoms with Gasteiger partial charge in [0.1, 0.15) is 4.83 Å². The number of thiophene rings is 1. The van der Waals surface area contributed by atoms with Crippen LogP contribution in [0.2, 0.25) is 0 Å². The van der Waals surface area contributed by atoms with E-state index < -0.39 is 5.41 Å². The van der Waals surface area contributed by atoms with Crippen LogP contribution in [-0.4, -0.2) is 23.7 Å². The van der Waals surface area contributed by atoms with Crippen LogP contribution in [0.5, 0.6) is 0 Å². The molecule has 2 aromatic heterocycles. The van der Waals surface area contributed by atoms with E-state index in [0.717, 1.165) is 41.1 Å². The number of nitrogens with one attached hydrogen (secondary N) is 1. The van der Waals surface area contributed by atoms with Gasteiger partial charge in [0.2, 0.25) is 0 Å². The zero-order chi connectivity index (χ0) is 23.5. The van der Waals surface area contributed by atoms with Crippen molar-refractivity contribution in [3.05, 3.63) is 45.8 Å². The number of aryl methyl sites for hydroxylation is 2. The highest BCUT2D eigenvalue weighted by molar-refractivity contribution is 7.19. The lowest BCUT2D eigenvalue weighted by atomic mass is 9.90. The summed E-state index contributed by atoms with van der Waals surface area (Å²) in [5.41, 5.74) is 11.4. The SMILES string of the molecule is CCC(C)CCC=NC(=O)C(C)(C)c1cc2c(CCN)c(-c3cc(C)cc(C)c3)[nH]c2s1. The smallest absolute Gasteiger partial charge is 0.256 e. The van der Waals surface area contributed by atoms with E-state index in [4.69, 9.17) is 5.73 Å². The van der Waals surface area contributed by atoms with Gasteiger partial charge in [-0.05, 0) is 88.7 Å². The van der Waals surface area contributed by atoms with Gasteiger partial charge in [0.25, 0.3) is 5.91 Å². The number of carbonyl (C=O) groups is 1. The molecule has 4 nitrogen and oxygen atoms in total. The molecule has 0 aliphatic rings. The van der Waals surface area contributed by atoms with E-state index in [0.29, 0.717) is 12.5 Å². The first-order chi connectivity index (χ1) is 15.2. The topological polar surface area (TPSA) is 71.2 Å². The van der Waals surface area contributed by atoms with Crippen molar-refractivity contribution < 1.29 is 4.79 Å². The number of rotatable bonds is 9. The van der Waals surface area contributed by atoms with Gasteiger partial charge in [-0.1, -0.05) is 37.5 Å². The number of H-pyrrole nitrogens is 1. The zero-order valence-corrected chi connectivity index (χ0v) is 21.2. The minimum absolute atomic E-state index is 0.0829. The third-order valence-electron chi connectivity index (χ3n) is 6.35. The Balaban J connectivity index is 1.92. The molecule has 3 rings (SSSR count). The lowest BCUT2D eigenvalue weighted by Crippen LogP contribution is -2.26. The Morgan fingerprint density at radius 3 is 2.53 bits per heavy atom. The molecule has 0 radical (unpaired) electrons. The fourth-order valence-electron chi connectivity index (χ4n) is 4.09. The maximum atomic E-state index is 12.9. The number of nitrogens with two attached hydrogens (primary N) is 1. The molecule has 1 unspecified atom stereocenters. The van der Waals surface area contributed by atoms with Crippen LogP contribution >= 0.6 is 11.3 Å². The molecule has 1 atom stereocenters. The summed E-state index contributed by atoms with van der Waals surface area (Å²) in [6, 6.07) is 8.78. The summed E-state index contributed by atoms with van der Waals surface area (Å²) in [6.45, 7) is 13.2. The number of benzene rings is 1. The average molecular weight is 452 g/mol. The second kappa shape index (κ2) is 10.1. The van der Waals surface area contributed by atoms with E-state index in [1.807, 2.05) is 13.8 Å². The van der Waals surface area contributed by atoms with Gasteiger partial charge >= 0.3 is 0 Å². The molecule has 0 aliphatic heterocycles. The predicted molar refractivity (Wildman–Crippen MR) is 139 cm³/mol. The number of aliphatic imine (C=N–C) groups is 1. The van der Waals surface area contributed by atoms with E-state index in [-0.39, 0.29) is 5.91 Å². The lowest BCUT2D eigenvalue weighted by molar-refractivity contribution is -0.122. The van der Waals surface area contributed by atoms with Crippen molar-refractivity contribution in [2.75, 3.05) is 6.54 Å². The molecule has 172 valence electrons. The molecule has 3 N–H and O–H groups in total. The monoisotopic (exact) mass is 451 g/mol.